The molecule has 0 spiro atoms. The van der Waals surface area contributed by atoms with Crippen molar-refractivity contribution in [2.75, 3.05) is 13.7 Å². The highest BCUT2D eigenvalue weighted by Gasteiger charge is 2.30. The fourth-order valence-corrected chi connectivity index (χ4v) is 3.22. The van der Waals surface area contributed by atoms with E-state index in [1.54, 1.807) is 11.3 Å². The number of methoxy groups -OCH3 is 1. The monoisotopic (exact) mass is 307 g/mol. The molecule has 0 N–H and O–H groups in total. The van der Waals surface area contributed by atoms with Gasteiger partial charge in [0.25, 0.3) is 0 Å². The maximum atomic E-state index is 11.8. The maximum absolute atomic E-state index is 11.8. The Labute approximate surface area is 126 Å². The van der Waals surface area contributed by atoms with Gasteiger partial charge >= 0.3 is 5.97 Å². The predicted molar refractivity (Wildman–Crippen MR) is 77.7 cm³/mol. The number of rotatable bonds is 4. The minimum Gasteiger partial charge on any atom is -0.468 e. The van der Waals surface area contributed by atoms with Crippen LogP contribution in [0.4, 0.5) is 0 Å². The maximum Gasteiger partial charge on any atom is 0.323 e. The van der Waals surface area contributed by atoms with Crippen molar-refractivity contribution in [3.05, 3.63) is 22.7 Å². The average Bonchev–Trinajstić information content (AvgIpc) is 3.18. The van der Waals surface area contributed by atoms with Crippen LogP contribution in [0.25, 0.3) is 11.4 Å². The van der Waals surface area contributed by atoms with E-state index in [1.165, 1.54) is 7.11 Å². The molecule has 0 amide bonds. The van der Waals surface area contributed by atoms with Gasteiger partial charge in [-0.25, -0.2) is 0 Å². The molecule has 6 nitrogen and oxygen atoms in total. The van der Waals surface area contributed by atoms with E-state index in [1.807, 2.05) is 16.8 Å². The molecule has 0 unspecified atom stereocenters. The number of likely N-dealkylation sites (tertiary alicyclic amines) is 1. The first kappa shape index (κ1) is 14.2. The molecule has 0 aromatic carbocycles. The Hall–Kier alpha value is -1.73. The lowest BCUT2D eigenvalue weighted by atomic mass is 10.0. The molecular formula is C14H17N3O3S. The molecule has 0 saturated carbocycles. The lowest BCUT2D eigenvalue weighted by Gasteiger charge is -2.32. The summed E-state index contributed by atoms with van der Waals surface area (Å²) in [6.07, 6.45) is 2.93. The summed E-state index contributed by atoms with van der Waals surface area (Å²) in [7, 11) is 1.43. The van der Waals surface area contributed by atoms with E-state index in [-0.39, 0.29) is 12.0 Å². The molecule has 3 rings (SSSR count). The van der Waals surface area contributed by atoms with E-state index in [9.17, 15) is 4.79 Å². The van der Waals surface area contributed by atoms with Crippen LogP contribution in [0.1, 0.15) is 25.2 Å². The zero-order chi connectivity index (χ0) is 14.7. The Bertz CT molecular complexity index is 596. The quantitative estimate of drug-likeness (QED) is 0.808. The Balaban J connectivity index is 1.71. The number of ether oxygens (including phenoxy) is 1. The van der Waals surface area contributed by atoms with E-state index in [0.29, 0.717) is 18.3 Å². The van der Waals surface area contributed by atoms with E-state index in [0.717, 1.165) is 31.4 Å². The predicted octanol–water partition coefficient (Wildman–Crippen LogP) is 2.33. The van der Waals surface area contributed by atoms with Crippen molar-refractivity contribution in [1.29, 1.82) is 0 Å². The molecule has 0 radical (unpaired) electrons. The number of thiophene rings is 1. The third-order valence-corrected chi connectivity index (χ3v) is 4.36. The lowest BCUT2D eigenvalue weighted by Crippen LogP contribution is -2.44. The fraction of sp³-hybridized carbons (Fsp3) is 0.500. The summed E-state index contributed by atoms with van der Waals surface area (Å²) < 4.78 is 10.2. The van der Waals surface area contributed by atoms with Crippen molar-refractivity contribution in [1.82, 2.24) is 15.0 Å². The Morgan fingerprint density at radius 1 is 1.57 bits per heavy atom. The van der Waals surface area contributed by atoms with Gasteiger partial charge in [-0.1, -0.05) is 11.6 Å². The van der Waals surface area contributed by atoms with Crippen LogP contribution in [0.2, 0.25) is 0 Å². The summed E-state index contributed by atoms with van der Waals surface area (Å²) in [5, 5.41) is 7.95. The number of esters is 1. The third-order valence-electron chi connectivity index (χ3n) is 3.67. The molecule has 2 aromatic heterocycles. The zero-order valence-corrected chi connectivity index (χ0v) is 12.6. The molecule has 21 heavy (non-hydrogen) atoms. The van der Waals surface area contributed by atoms with Gasteiger partial charge in [0.1, 0.15) is 6.04 Å². The van der Waals surface area contributed by atoms with Crippen molar-refractivity contribution < 1.29 is 14.1 Å². The summed E-state index contributed by atoms with van der Waals surface area (Å²) in [5.74, 6) is 0.942. The normalized spacial score (nSPS) is 19.6. The summed E-state index contributed by atoms with van der Waals surface area (Å²) in [4.78, 5) is 18.3. The molecule has 1 aliphatic heterocycles. The molecule has 1 saturated heterocycles. The van der Waals surface area contributed by atoms with Crippen molar-refractivity contribution in [3.8, 4) is 11.4 Å². The SMILES string of the molecule is COC(=O)[C@H]1CCCCN1Cc1nc(-c2ccsc2)no1. The largest absolute Gasteiger partial charge is 0.468 e. The van der Waals surface area contributed by atoms with Crippen molar-refractivity contribution in [2.24, 2.45) is 0 Å². The average molecular weight is 307 g/mol. The highest BCUT2D eigenvalue weighted by Crippen LogP contribution is 2.22. The van der Waals surface area contributed by atoms with E-state index in [4.69, 9.17) is 9.26 Å². The van der Waals surface area contributed by atoms with Crippen LogP contribution < -0.4 is 0 Å². The van der Waals surface area contributed by atoms with Crippen LogP contribution in [0.15, 0.2) is 21.3 Å². The molecular weight excluding hydrogens is 290 g/mol. The van der Waals surface area contributed by atoms with Gasteiger partial charge in [-0.2, -0.15) is 16.3 Å². The summed E-state index contributed by atoms with van der Waals surface area (Å²) >= 11 is 1.59. The molecule has 0 bridgehead atoms. The Kier molecular flexibility index (Phi) is 4.31. The Morgan fingerprint density at radius 2 is 2.48 bits per heavy atom. The number of carbonyl (C=O) groups excluding carboxylic acids is 1. The van der Waals surface area contributed by atoms with Crippen molar-refractivity contribution in [3.63, 3.8) is 0 Å². The second-order valence-electron chi connectivity index (χ2n) is 5.03. The lowest BCUT2D eigenvalue weighted by molar-refractivity contribution is -0.148. The van der Waals surface area contributed by atoms with Crippen molar-refractivity contribution >= 4 is 17.3 Å². The van der Waals surface area contributed by atoms with Crippen LogP contribution in [-0.4, -0.2) is 40.7 Å². The number of hydrogen-bond donors (Lipinski definition) is 0. The first-order chi connectivity index (χ1) is 10.3. The molecule has 3 heterocycles. The van der Waals surface area contributed by atoms with Crippen LogP contribution in [0.3, 0.4) is 0 Å². The fourth-order valence-electron chi connectivity index (χ4n) is 2.58. The van der Waals surface area contributed by atoms with Gasteiger partial charge < -0.3 is 9.26 Å². The van der Waals surface area contributed by atoms with Gasteiger partial charge in [0.05, 0.1) is 13.7 Å². The minimum atomic E-state index is -0.208. The molecule has 2 aromatic rings. The highest BCUT2D eigenvalue weighted by molar-refractivity contribution is 7.08. The third kappa shape index (κ3) is 3.14. The van der Waals surface area contributed by atoms with E-state index >= 15 is 0 Å². The molecule has 0 aliphatic carbocycles. The summed E-state index contributed by atoms with van der Waals surface area (Å²) in [6.45, 7) is 1.33. The number of hydrogen-bond acceptors (Lipinski definition) is 7. The second kappa shape index (κ2) is 6.36. The van der Waals surface area contributed by atoms with Gasteiger partial charge in [-0.05, 0) is 30.8 Å². The van der Waals surface area contributed by atoms with Crippen LogP contribution in [-0.2, 0) is 16.1 Å². The molecule has 1 atom stereocenters. The standard InChI is InChI=1S/C14H17N3O3S/c1-19-14(18)11-4-2-3-6-17(11)8-12-15-13(16-20-12)10-5-7-21-9-10/h5,7,9,11H,2-4,6,8H2,1H3/t11-/m1/s1. The van der Waals surface area contributed by atoms with Gasteiger partial charge in [-0.15, -0.1) is 0 Å². The number of carbonyl (C=O) groups is 1. The van der Waals surface area contributed by atoms with E-state index < -0.39 is 0 Å². The number of piperidine rings is 1. The number of nitrogens with zero attached hydrogens (tertiary/aromatic N) is 3. The van der Waals surface area contributed by atoms with Crippen LogP contribution in [0.5, 0.6) is 0 Å². The van der Waals surface area contributed by atoms with Crippen molar-refractivity contribution in [2.45, 2.75) is 31.8 Å². The van der Waals surface area contributed by atoms with Gasteiger partial charge in [0.2, 0.25) is 11.7 Å². The summed E-state index contributed by atoms with van der Waals surface area (Å²) in [6, 6.07) is 1.75. The van der Waals surface area contributed by atoms with E-state index in [2.05, 4.69) is 15.0 Å². The summed E-state index contributed by atoms with van der Waals surface area (Å²) in [5.41, 5.74) is 0.957. The second-order valence-corrected chi connectivity index (χ2v) is 5.81. The van der Waals surface area contributed by atoms with Gasteiger partial charge in [0.15, 0.2) is 0 Å². The minimum absolute atomic E-state index is 0.188. The first-order valence-electron chi connectivity index (χ1n) is 6.95. The van der Waals surface area contributed by atoms with Gasteiger partial charge in [0, 0.05) is 10.9 Å². The zero-order valence-electron chi connectivity index (χ0n) is 11.8. The Morgan fingerprint density at radius 3 is 3.24 bits per heavy atom. The number of aromatic nitrogens is 2. The molecule has 1 aliphatic rings. The van der Waals surface area contributed by atoms with Crippen LogP contribution >= 0.6 is 11.3 Å². The molecule has 1 fully saturated rings. The van der Waals surface area contributed by atoms with Crippen LogP contribution in [0, 0.1) is 0 Å². The topological polar surface area (TPSA) is 68.5 Å². The first-order valence-corrected chi connectivity index (χ1v) is 7.89. The van der Waals surface area contributed by atoms with Gasteiger partial charge in [-0.3, -0.25) is 9.69 Å². The highest BCUT2D eigenvalue weighted by atomic mass is 32.1. The molecule has 112 valence electrons. The smallest absolute Gasteiger partial charge is 0.323 e. The molecule has 7 heteroatoms.